The molecule has 1 saturated carbocycles. The fourth-order valence-electron chi connectivity index (χ4n) is 5.31. The van der Waals surface area contributed by atoms with E-state index in [9.17, 15) is 4.79 Å². The maximum atomic E-state index is 11.1. The number of rotatable bonds is 4. The Morgan fingerprint density at radius 2 is 1.54 bits per heavy atom. The summed E-state index contributed by atoms with van der Waals surface area (Å²) >= 11 is 0. The summed E-state index contributed by atoms with van der Waals surface area (Å²) in [5, 5.41) is 0. The van der Waals surface area contributed by atoms with Crippen LogP contribution < -0.4 is 0 Å². The molecule has 2 nitrogen and oxygen atoms in total. The van der Waals surface area contributed by atoms with E-state index in [1.165, 1.54) is 59.9 Å². The van der Waals surface area contributed by atoms with Crippen LogP contribution in [0.5, 0.6) is 0 Å². The Morgan fingerprint density at radius 1 is 0.878 bits per heavy atom. The summed E-state index contributed by atoms with van der Waals surface area (Å²) in [4.78, 5) is 15.2. The molecule has 0 radical (unpaired) electrons. The Bertz CT molecular complexity index is 1290. The SMILES string of the molecule is CC.CCc1ccccc1/C(C)=C/C(C)=NC.Cc1ccc2c(c1)CC(=O)C=C2.c1ccc(C2CCCCC2)cc1. The normalized spacial score (nSPS) is 14.9. The van der Waals surface area contributed by atoms with Crippen LogP contribution in [-0.4, -0.2) is 18.5 Å². The van der Waals surface area contributed by atoms with E-state index in [4.69, 9.17) is 0 Å². The van der Waals surface area contributed by atoms with Crippen LogP contribution in [-0.2, 0) is 17.6 Å². The fraction of sp³-hybridized carbons (Fsp3) is 0.385. The molecule has 0 N–H and O–H groups in total. The van der Waals surface area contributed by atoms with Gasteiger partial charge in [-0.25, -0.2) is 0 Å². The lowest BCUT2D eigenvalue weighted by atomic mass is 9.84. The van der Waals surface area contributed by atoms with E-state index in [1.54, 1.807) is 11.6 Å². The van der Waals surface area contributed by atoms with Gasteiger partial charge in [0.15, 0.2) is 5.78 Å². The van der Waals surface area contributed by atoms with E-state index in [0.717, 1.165) is 23.6 Å². The van der Waals surface area contributed by atoms with Gasteiger partial charge in [0.2, 0.25) is 0 Å². The molecule has 3 aromatic rings. The topological polar surface area (TPSA) is 29.4 Å². The number of carbonyl (C=O) groups is 1. The van der Waals surface area contributed by atoms with Crippen molar-refractivity contribution in [1.29, 1.82) is 0 Å². The highest BCUT2D eigenvalue weighted by atomic mass is 16.1. The van der Waals surface area contributed by atoms with Crippen LogP contribution in [0.25, 0.3) is 11.6 Å². The van der Waals surface area contributed by atoms with Crippen LogP contribution in [0.3, 0.4) is 0 Å². The maximum Gasteiger partial charge on any atom is 0.160 e. The molecule has 2 heteroatoms. The summed E-state index contributed by atoms with van der Waals surface area (Å²) in [6.45, 7) is 12.4. The number of aliphatic imine (C=N–C) groups is 1. The van der Waals surface area contributed by atoms with E-state index < -0.39 is 0 Å². The first-order valence-electron chi connectivity index (χ1n) is 15.5. The summed E-state index contributed by atoms with van der Waals surface area (Å²) in [6.07, 6.45) is 14.4. The molecule has 0 spiro atoms. The Labute approximate surface area is 250 Å². The average molecular weight is 550 g/mol. The van der Waals surface area contributed by atoms with Gasteiger partial charge in [-0.15, -0.1) is 0 Å². The van der Waals surface area contributed by atoms with Crippen LogP contribution in [0.2, 0.25) is 0 Å². The van der Waals surface area contributed by atoms with Crippen molar-refractivity contribution in [2.45, 2.75) is 92.4 Å². The van der Waals surface area contributed by atoms with Crippen molar-refractivity contribution >= 4 is 23.1 Å². The van der Waals surface area contributed by atoms with E-state index in [0.29, 0.717) is 6.42 Å². The molecule has 2 aliphatic carbocycles. The molecule has 0 unspecified atom stereocenters. The minimum absolute atomic E-state index is 0.202. The predicted molar refractivity (Wildman–Crippen MR) is 181 cm³/mol. The Morgan fingerprint density at radius 3 is 2.20 bits per heavy atom. The zero-order valence-corrected chi connectivity index (χ0v) is 26.5. The Kier molecular flexibility index (Phi) is 15.4. The van der Waals surface area contributed by atoms with Crippen LogP contribution in [0.1, 0.15) is 106 Å². The predicted octanol–water partition coefficient (Wildman–Crippen LogP) is 10.6. The number of carbonyl (C=O) groups excluding carboxylic acids is 1. The number of benzene rings is 3. The van der Waals surface area contributed by atoms with Gasteiger partial charge in [0.05, 0.1) is 0 Å². The van der Waals surface area contributed by atoms with Crippen molar-refractivity contribution in [3.8, 4) is 0 Å². The van der Waals surface area contributed by atoms with Crippen molar-refractivity contribution in [2.75, 3.05) is 7.05 Å². The van der Waals surface area contributed by atoms with Gasteiger partial charge in [-0.1, -0.05) is 124 Å². The van der Waals surface area contributed by atoms with Crippen molar-refractivity contribution in [3.05, 3.63) is 118 Å². The van der Waals surface area contributed by atoms with Gasteiger partial charge in [-0.2, -0.15) is 0 Å². The number of hydrogen-bond acceptors (Lipinski definition) is 2. The van der Waals surface area contributed by atoms with E-state index in [2.05, 4.69) is 97.7 Å². The summed E-state index contributed by atoms with van der Waals surface area (Å²) < 4.78 is 0. The average Bonchev–Trinajstić information content (AvgIpc) is 3.03. The van der Waals surface area contributed by atoms with Crippen molar-refractivity contribution in [2.24, 2.45) is 4.99 Å². The molecular formula is C39H51NO. The number of hydrogen-bond donors (Lipinski definition) is 0. The van der Waals surface area contributed by atoms with E-state index in [-0.39, 0.29) is 5.78 Å². The highest BCUT2D eigenvalue weighted by Gasteiger charge is 2.14. The molecule has 5 rings (SSSR count). The molecule has 3 aromatic carbocycles. The van der Waals surface area contributed by atoms with Gasteiger partial charge >= 0.3 is 0 Å². The van der Waals surface area contributed by atoms with Gasteiger partial charge in [-0.05, 0) is 91.5 Å². The zero-order chi connectivity index (χ0) is 30.0. The molecule has 0 atom stereocenters. The molecule has 1 fully saturated rings. The number of nitrogens with zero attached hydrogens (tertiary/aromatic N) is 1. The largest absolute Gasteiger partial charge is 0.294 e. The first-order valence-corrected chi connectivity index (χ1v) is 15.5. The van der Waals surface area contributed by atoms with Crippen LogP contribution in [0.15, 0.2) is 89.9 Å². The van der Waals surface area contributed by atoms with Crippen molar-refractivity contribution in [3.63, 3.8) is 0 Å². The number of aryl methyl sites for hydroxylation is 2. The molecule has 0 aliphatic heterocycles. The third-order valence-corrected chi connectivity index (χ3v) is 7.59. The summed E-state index contributed by atoms with van der Waals surface area (Å²) in [6, 6.07) is 25.7. The number of fused-ring (bicyclic) bond motifs is 1. The zero-order valence-electron chi connectivity index (χ0n) is 26.5. The minimum Gasteiger partial charge on any atom is -0.294 e. The van der Waals surface area contributed by atoms with Gasteiger partial charge in [0, 0.05) is 19.2 Å². The fourth-order valence-corrected chi connectivity index (χ4v) is 5.31. The molecule has 218 valence electrons. The van der Waals surface area contributed by atoms with Crippen LogP contribution in [0.4, 0.5) is 0 Å². The van der Waals surface area contributed by atoms with Crippen molar-refractivity contribution in [1.82, 2.24) is 0 Å². The molecule has 0 saturated heterocycles. The molecule has 0 heterocycles. The first kappa shape index (κ1) is 33.7. The third-order valence-electron chi connectivity index (χ3n) is 7.59. The molecule has 41 heavy (non-hydrogen) atoms. The summed E-state index contributed by atoms with van der Waals surface area (Å²) in [5.41, 5.74) is 10.2. The second-order valence-electron chi connectivity index (χ2n) is 10.6. The smallest absolute Gasteiger partial charge is 0.160 e. The van der Waals surface area contributed by atoms with Gasteiger partial charge < -0.3 is 0 Å². The lowest BCUT2D eigenvalue weighted by Gasteiger charge is -2.21. The molecule has 2 aliphatic rings. The Balaban J connectivity index is 0.000000210. The lowest BCUT2D eigenvalue weighted by molar-refractivity contribution is -0.114. The highest BCUT2D eigenvalue weighted by molar-refractivity contribution is 5.99. The number of ketones is 1. The monoisotopic (exact) mass is 549 g/mol. The van der Waals surface area contributed by atoms with E-state index in [1.807, 2.05) is 40.8 Å². The molecular weight excluding hydrogens is 498 g/mol. The second-order valence-corrected chi connectivity index (χ2v) is 10.6. The lowest BCUT2D eigenvalue weighted by Crippen LogP contribution is -2.05. The van der Waals surface area contributed by atoms with Crippen LogP contribution in [0, 0.1) is 6.92 Å². The Hall–Kier alpha value is -3.52. The maximum absolute atomic E-state index is 11.1. The second kappa shape index (κ2) is 18.8. The standard InChI is InChI=1S/C14H19N.C12H16.C11H10O.C2H6/c1-5-13-8-6-7-9-14(13)11(2)10-12(3)15-4;1-3-7-11(8-4-1)12-9-5-2-6-10-12;1-8-2-3-9-4-5-11(12)7-10(9)6-8;1-2/h6-10H,5H2,1-4H3;1,3-4,7-8,12H,2,5-6,9-10H2;2-6H,7H2,1H3;1-2H3/b11-10+,15-12?;;;. The van der Waals surface area contributed by atoms with Crippen molar-refractivity contribution < 1.29 is 4.79 Å². The quantitative estimate of drug-likeness (QED) is 0.298. The summed E-state index contributed by atoms with van der Waals surface area (Å²) in [7, 11) is 1.82. The summed E-state index contributed by atoms with van der Waals surface area (Å²) in [5.74, 6) is 1.06. The minimum atomic E-state index is 0.202. The molecule has 0 amide bonds. The number of allylic oxidation sites excluding steroid dienone is 3. The van der Waals surface area contributed by atoms with Crippen LogP contribution >= 0.6 is 0 Å². The highest BCUT2D eigenvalue weighted by Crippen LogP contribution is 2.32. The molecule has 0 bridgehead atoms. The van der Waals surface area contributed by atoms with Gasteiger partial charge in [-0.3, -0.25) is 9.79 Å². The third kappa shape index (κ3) is 11.5. The first-order chi connectivity index (χ1) is 19.9. The van der Waals surface area contributed by atoms with E-state index >= 15 is 0 Å². The van der Waals surface area contributed by atoms with Gasteiger partial charge in [0.25, 0.3) is 0 Å². The molecule has 0 aromatic heterocycles. The van der Waals surface area contributed by atoms with Gasteiger partial charge in [0.1, 0.15) is 0 Å².